The molecule has 0 saturated carbocycles. The fourth-order valence-corrected chi connectivity index (χ4v) is 2.64. The second-order valence-electron chi connectivity index (χ2n) is 4.46. The Morgan fingerprint density at radius 3 is 2.38 bits per heavy atom. The molecule has 0 aromatic heterocycles. The fourth-order valence-electron chi connectivity index (χ4n) is 2.08. The number of halogens is 4. The van der Waals surface area contributed by atoms with Crippen LogP contribution in [0.3, 0.4) is 0 Å². The van der Waals surface area contributed by atoms with Crippen LogP contribution in [-0.4, -0.2) is 7.11 Å². The molecule has 0 radical (unpaired) electrons. The molecular weight excluding hydrogens is 347 g/mol. The summed E-state index contributed by atoms with van der Waals surface area (Å²) in [5.41, 5.74) is 5.91. The van der Waals surface area contributed by atoms with Crippen LogP contribution in [-0.2, 0) is 6.18 Å². The van der Waals surface area contributed by atoms with E-state index in [9.17, 15) is 13.2 Å². The van der Waals surface area contributed by atoms with Gasteiger partial charge >= 0.3 is 6.18 Å². The van der Waals surface area contributed by atoms with E-state index in [0.29, 0.717) is 15.8 Å². The molecule has 112 valence electrons. The van der Waals surface area contributed by atoms with E-state index < -0.39 is 17.8 Å². The summed E-state index contributed by atoms with van der Waals surface area (Å²) in [6.07, 6.45) is -4.43. The van der Waals surface area contributed by atoms with Crippen LogP contribution >= 0.6 is 15.9 Å². The molecule has 1 atom stereocenters. The second-order valence-corrected chi connectivity index (χ2v) is 5.31. The number of ether oxygens (including phenoxy) is 1. The summed E-state index contributed by atoms with van der Waals surface area (Å²) in [7, 11) is 1.51. The van der Waals surface area contributed by atoms with Gasteiger partial charge in [0.05, 0.1) is 23.2 Å². The molecule has 21 heavy (non-hydrogen) atoms. The molecule has 0 aliphatic heterocycles. The van der Waals surface area contributed by atoms with Gasteiger partial charge in [0.25, 0.3) is 0 Å². The Balaban J connectivity index is 2.45. The topological polar surface area (TPSA) is 35.2 Å². The molecule has 1 unspecified atom stereocenters. The van der Waals surface area contributed by atoms with E-state index in [1.807, 2.05) is 0 Å². The quantitative estimate of drug-likeness (QED) is 0.873. The van der Waals surface area contributed by atoms with Crippen molar-refractivity contribution < 1.29 is 17.9 Å². The normalized spacial score (nSPS) is 13.0. The zero-order chi connectivity index (χ0) is 15.6. The van der Waals surface area contributed by atoms with Crippen LogP contribution in [0.5, 0.6) is 5.75 Å². The summed E-state index contributed by atoms with van der Waals surface area (Å²) < 4.78 is 44.8. The number of rotatable bonds is 3. The van der Waals surface area contributed by atoms with E-state index in [4.69, 9.17) is 10.5 Å². The number of alkyl halides is 3. The highest BCUT2D eigenvalue weighted by Crippen LogP contribution is 2.37. The van der Waals surface area contributed by atoms with Gasteiger partial charge < -0.3 is 10.5 Å². The number of hydrogen-bond donors (Lipinski definition) is 1. The molecule has 0 bridgehead atoms. The van der Waals surface area contributed by atoms with Gasteiger partial charge in [-0.1, -0.05) is 24.3 Å². The van der Waals surface area contributed by atoms with E-state index in [2.05, 4.69) is 15.9 Å². The zero-order valence-corrected chi connectivity index (χ0v) is 12.7. The lowest BCUT2D eigenvalue weighted by molar-refractivity contribution is -0.138. The molecule has 0 heterocycles. The molecule has 6 heteroatoms. The Morgan fingerprint density at radius 2 is 1.81 bits per heavy atom. The van der Waals surface area contributed by atoms with Crippen LogP contribution in [0.2, 0.25) is 0 Å². The van der Waals surface area contributed by atoms with Crippen molar-refractivity contribution in [2.45, 2.75) is 12.2 Å². The minimum Gasteiger partial charge on any atom is -0.496 e. The monoisotopic (exact) mass is 359 g/mol. The van der Waals surface area contributed by atoms with Crippen molar-refractivity contribution in [1.29, 1.82) is 0 Å². The number of hydrogen-bond acceptors (Lipinski definition) is 2. The van der Waals surface area contributed by atoms with E-state index in [1.165, 1.54) is 19.2 Å². The van der Waals surface area contributed by atoms with Crippen LogP contribution in [0.25, 0.3) is 0 Å². The summed E-state index contributed by atoms with van der Waals surface area (Å²) in [4.78, 5) is 0. The number of benzene rings is 2. The molecule has 2 aromatic carbocycles. The first kappa shape index (κ1) is 15.9. The van der Waals surface area contributed by atoms with Crippen molar-refractivity contribution in [3.63, 3.8) is 0 Å². The third-order valence-electron chi connectivity index (χ3n) is 3.14. The zero-order valence-electron chi connectivity index (χ0n) is 11.1. The third-order valence-corrected chi connectivity index (χ3v) is 3.76. The van der Waals surface area contributed by atoms with Crippen molar-refractivity contribution in [2.75, 3.05) is 7.11 Å². The first-order chi connectivity index (χ1) is 9.84. The predicted octanol–water partition coefficient (Wildman–Crippen LogP) is 4.52. The summed E-state index contributed by atoms with van der Waals surface area (Å²) in [6.45, 7) is 0. The Bertz CT molecular complexity index is 643. The van der Waals surface area contributed by atoms with Gasteiger partial charge in [0, 0.05) is 0 Å². The lowest BCUT2D eigenvalue weighted by Crippen LogP contribution is -2.18. The maximum atomic E-state index is 13.0. The average molecular weight is 360 g/mol. The highest BCUT2D eigenvalue weighted by atomic mass is 79.9. The molecule has 2 rings (SSSR count). The smallest absolute Gasteiger partial charge is 0.416 e. The van der Waals surface area contributed by atoms with Crippen LogP contribution in [0.4, 0.5) is 13.2 Å². The molecule has 2 N–H and O–H groups in total. The Morgan fingerprint density at radius 1 is 1.14 bits per heavy atom. The maximum Gasteiger partial charge on any atom is 0.416 e. The molecule has 0 saturated heterocycles. The van der Waals surface area contributed by atoms with Crippen LogP contribution in [0, 0.1) is 0 Å². The lowest BCUT2D eigenvalue weighted by atomic mass is 9.95. The summed E-state index contributed by atoms with van der Waals surface area (Å²) in [5.74, 6) is 0.593. The highest BCUT2D eigenvalue weighted by Gasteiger charge is 2.34. The van der Waals surface area contributed by atoms with Gasteiger partial charge in [-0.25, -0.2) is 0 Å². The Hall–Kier alpha value is -1.53. The maximum absolute atomic E-state index is 13.0. The Kier molecular flexibility index (Phi) is 4.58. The Labute approximate surface area is 128 Å². The molecule has 0 aliphatic rings. The summed E-state index contributed by atoms with van der Waals surface area (Å²) >= 11 is 3.30. The lowest BCUT2D eigenvalue weighted by Gasteiger charge is -2.19. The molecule has 2 aromatic rings. The second kappa shape index (κ2) is 6.07. The van der Waals surface area contributed by atoms with Crippen molar-refractivity contribution in [3.05, 3.63) is 63.6 Å². The van der Waals surface area contributed by atoms with Crippen molar-refractivity contribution in [3.8, 4) is 5.75 Å². The van der Waals surface area contributed by atoms with Gasteiger partial charge in [0.15, 0.2) is 0 Å². The van der Waals surface area contributed by atoms with Gasteiger partial charge in [-0.15, -0.1) is 0 Å². The molecule has 0 amide bonds. The highest BCUT2D eigenvalue weighted by molar-refractivity contribution is 9.10. The number of methoxy groups -OCH3 is 1. The summed E-state index contributed by atoms with van der Waals surface area (Å²) in [6, 6.07) is 9.43. The SMILES string of the molecule is COc1ccc(C(N)c2ccccc2C(F)(F)F)cc1Br. The van der Waals surface area contributed by atoms with Crippen LogP contribution < -0.4 is 10.5 Å². The fraction of sp³-hybridized carbons (Fsp3) is 0.200. The molecule has 2 nitrogen and oxygen atoms in total. The van der Waals surface area contributed by atoms with E-state index in [1.54, 1.807) is 24.3 Å². The van der Waals surface area contributed by atoms with Crippen LogP contribution in [0.1, 0.15) is 22.7 Å². The van der Waals surface area contributed by atoms with Crippen molar-refractivity contribution in [1.82, 2.24) is 0 Å². The standard InChI is InChI=1S/C15H13BrF3NO/c1-21-13-7-6-9(8-12(13)16)14(20)10-4-2-3-5-11(10)15(17,18)19/h2-8,14H,20H2,1H3. The van der Waals surface area contributed by atoms with Gasteiger partial charge in [0.1, 0.15) is 5.75 Å². The summed E-state index contributed by atoms with van der Waals surface area (Å²) in [5, 5.41) is 0. The molecular formula is C15H13BrF3NO. The number of nitrogens with two attached hydrogens (primary N) is 1. The first-order valence-electron chi connectivity index (χ1n) is 6.09. The van der Waals surface area contributed by atoms with Crippen LogP contribution in [0.15, 0.2) is 46.9 Å². The van der Waals surface area contributed by atoms with Gasteiger partial charge in [-0.05, 0) is 45.3 Å². The minimum absolute atomic E-state index is 0.0436. The van der Waals surface area contributed by atoms with Crippen molar-refractivity contribution in [2.24, 2.45) is 5.73 Å². The van der Waals surface area contributed by atoms with Crippen molar-refractivity contribution >= 4 is 15.9 Å². The predicted molar refractivity (Wildman–Crippen MR) is 78.2 cm³/mol. The van der Waals surface area contributed by atoms with E-state index >= 15 is 0 Å². The molecule has 0 aliphatic carbocycles. The van der Waals surface area contributed by atoms with Gasteiger partial charge in [-0.3, -0.25) is 0 Å². The molecule has 0 spiro atoms. The minimum atomic E-state index is -4.43. The first-order valence-corrected chi connectivity index (χ1v) is 6.89. The van der Waals surface area contributed by atoms with E-state index in [0.717, 1.165) is 6.07 Å². The average Bonchev–Trinajstić information content (AvgIpc) is 2.45. The molecule has 0 fully saturated rings. The van der Waals surface area contributed by atoms with E-state index in [-0.39, 0.29) is 5.56 Å². The largest absolute Gasteiger partial charge is 0.496 e. The van der Waals surface area contributed by atoms with Gasteiger partial charge in [-0.2, -0.15) is 13.2 Å². The third kappa shape index (κ3) is 3.39. The van der Waals surface area contributed by atoms with Gasteiger partial charge in [0.2, 0.25) is 0 Å².